The molecular formula is C15H16BrF2N3. The Morgan fingerprint density at radius 3 is 2.86 bits per heavy atom. The van der Waals surface area contributed by atoms with E-state index in [9.17, 15) is 8.78 Å². The average molecular weight is 356 g/mol. The third-order valence-electron chi connectivity index (χ3n) is 4.01. The molecule has 3 rings (SSSR count). The van der Waals surface area contributed by atoms with E-state index in [0.717, 1.165) is 0 Å². The Labute approximate surface area is 130 Å². The van der Waals surface area contributed by atoms with E-state index in [1.807, 2.05) is 0 Å². The number of alkyl halides is 1. The summed E-state index contributed by atoms with van der Waals surface area (Å²) in [4.78, 5) is 4.20. The molecule has 3 N–H and O–H groups in total. The normalized spacial score (nSPS) is 24.9. The number of anilines is 1. The van der Waals surface area contributed by atoms with E-state index in [0.29, 0.717) is 40.4 Å². The Hall–Kier alpha value is -1.27. The van der Waals surface area contributed by atoms with Gasteiger partial charge in [-0.15, -0.1) is 0 Å². The summed E-state index contributed by atoms with van der Waals surface area (Å²) in [6, 6.07) is 4.80. The first-order chi connectivity index (χ1) is 10.0. The van der Waals surface area contributed by atoms with Gasteiger partial charge in [0.15, 0.2) is 0 Å². The van der Waals surface area contributed by atoms with Crippen LogP contribution in [-0.4, -0.2) is 23.7 Å². The summed E-state index contributed by atoms with van der Waals surface area (Å²) in [6.07, 6.45) is 2.47. The van der Waals surface area contributed by atoms with E-state index in [-0.39, 0.29) is 18.3 Å². The number of halogens is 3. The summed E-state index contributed by atoms with van der Waals surface area (Å²) in [5.74, 6) is 0.441. The third-order valence-corrected chi connectivity index (χ3v) is 4.47. The summed E-state index contributed by atoms with van der Waals surface area (Å²) in [5.41, 5.74) is 4.29. The number of nitrogens with zero attached hydrogens (tertiary/aromatic N) is 1. The standard InChI is InChI=1S/C15H16BrF2N3/c16-10-3-12-11(13(17)4-10)1-2-20-14(12)21-8-15(18)5-9(6-15)7-19/h1-4,9H,5-8,19H2,(H,20,21). The number of hydrogen-bond acceptors (Lipinski definition) is 3. The SMILES string of the molecule is NCC1CC(F)(CNc2nccc3c(F)cc(Br)cc23)C1. The molecule has 0 spiro atoms. The molecule has 21 heavy (non-hydrogen) atoms. The molecule has 0 atom stereocenters. The molecule has 6 heteroatoms. The quantitative estimate of drug-likeness (QED) is 0.880. The highest BCUT2D eigenvalue weighted by Crippen LogP contribution is 2.41. The van der Waals surface area contributed by atoms with Crippen LogP contribution in [0.2, 0.25) is 0 Å². The molecule has 0 bridgehead atoms. The number of rotatable bonds is 4. The predicted octanol–water partition coefficient (Wildman–Crippen LogP) is 3.63. The van der Waals surface area contributed by atoms with Crippen LogP contribution >= 0.6 is 15.9 Å². The van der Waals surface area contributed by atoms with Crippen molar-refractivity contribution in [3.8, 4) is 0 Å². The fourth-order valence-corrected chi connectivity index (χ4v) is 3.30. The van der Waals surface area contributed by atoms with E-state index in [1.54, 1.807) is 12.1 Å². The van der Waals surface area contributed by atoms with Crippen LogP contribution < -0.4 is 11.1 Å². The topological polar surface area (TPSA) is 50.9 Å². The molecule has 0 radical (unpaired) electrons. The van der Waals surface area contributed by atoms with Gasteiger partial charge in [0.05, 0.1) is 6.54 Å². The Bertz CT molecular complexity index is 671. The molecule has 0 aliphatic heterocycles. The van der Waals surface area contributed by atoms with Crippen molar-refractivity contribution in [1.29, 1.82) is 0 Å². The number of nitrogens with one attached hydrogen (secondary N) is 1. The Morgan fingerprint density at radius 2 is 2.14 bits per heavy atom. The molecular weight excluding hydrogens is 340 g/mol. The third kappa shape index (κ3) is 2.87. The zero-order valence-corrected chi connectivity index (χ0v) is 13.0. The molecule has 1 aliphatic rings. The number of fused-ring (bicyclic) bond motifs is 1. The largest absolute Gasteiger partial charge is 0.366 e. The van der Waals surface area contributed by atoms with Crippen LogP contribution in [0.25, 0.3) is 10.8 Å². The maximum Gasteiger partial charge on any atom is 0.134 e. The number of aromatic nitrogens is 1. The van der Waals surface area contributed by atoms with Crippen molar-refractivity contribution in [1.82, 2.24) is 4.98 Å². The lowest BCUT2D eigenvalue weighted by atomic mass is 9.72. The zero-order valence-electron chi connectivity index (χ0n) is 11.4. The highest BCUT2D eigenvalue weighted by Gasteiger charge is 2.43. The molecule has 0 amide bonds. The summed E-state index contributed by atoms with van der Waals surface area (Å²) in [5, 5.41) is 4.13. The van der Waals surface area contributed by atoms with Gasteiger partial charge in [-0.2, -0.15) is 0 Å². The van der Waals surface area contributed by atoms with Gasteiger partial charge >= 0.3 is 0 Å². The van der Waals surface area contributed by atoms with E-state index >= 15 is 0 Å². The predicted molar refractivity (Wildman–Crippen MR) is 83.5 cm³/mol. The van der Waals surface area contributed by atoms with Crippen molar-refractivity contribution in [2.45, 2.75) is 18.5 Å². The van der Waals surface area contributed by atoms with E-state index in [4.69, 9.17) is 5.73 Å². The number of pyridine rings is 1. The van der Waals surface area contributed by atoms with Crippen molar-refractivity contribution < 1.29 is 8.78 Å². The first-order valence-electron chi connectivity index (χ1n) is 6.87. The van der Waals surface area contributed by atoms with Gasteiger partial charge in [0.1, 0.15) is 17.3 Å². The molecule has 1 heterocycles. The van der Waals surface area contributed by atoms with Crippen LogP contribution in [0.4, 0.5) is 14.6 Å². The average Bonchev–Trinajstić information content (AvgIpc) is 2.42. The van der Waals surface area contributed by atoms with Gasteiger partial charge in [0.25, 0.3) is 0 Å². The van der Waals surface area contributed by atoms with E-state index in [2.05, 4.69) is 26.2 Å². The van der Waals surface area contributed by atoms with Crippen molar-refractivity contribution in [3.63, 3.8) is 0 Å². The molecule has 1 saturated carbocycles. The summed E-state index contributed by atoms with van der Waals surface area (Å²) < 4.78 is 28.9. The molecule has 0 saturated heterocycles. The second kappa shape index (κ2) is 5.50. The molecule has 1 aromatic heterocycles. The van der Waals surface area contributed by atoms with Gasteiger partial charge in [0.2, 0.25) is 0 Å². The number of benzene rings is 1. The van der Waals surface area contributed by atoms with Crippen LogP contribution in [0.15, 0.2) is 28.9 Å². The minimum atomic E-state index is -1.24. The highest BCUT2D eigenvalue weighted by atomic mass is 79.9. The lowest BCUT2D eigenvalue weighted by molar-refractivity contribution is 0.0240. The van der Waals surface area contributed by atoms with Crippen LogP contribution in [-0.2, 0) is 0 Å². The monoisotopic (exact) mass is 355 g/mol. The van der Waals surface area contributed by atoms with Gasteiger partial charge in [0, 0.05) is 21.4 Å². The molecule has 0 unspecified atom stereocenters. The van der Waals surface area contributed by atoms with Crippen molar-refractivity contribution in [2.24, 2.45) is 11.7 Å². The summed E-state index contributed by atoms with van der Waals surface area (Å²) in [6.45, 7) is 0.695. The molecule has 1 fully saturated rings. The lowest BCUT2D eigenvalue weighted by Gasteiger charge is -2.41. The number of hydrogen-bond donors (Lipinski definition) is 2. The maximum absolute atomic E-state index is 14.4. The number of nitrogens with two attached hydrogens (primary N) is 1. The van der Waals surface area contributed by atoms with Crippen molar-refractivity contribution >= 4 is 32.5 Å². The first-order valence-corrected chi connectivity index (χ1v) is 7.67. The summed E-state index contributed by atoms with van der Waals surface area (Å²) >= 11 is 3.27. The highest BCUT2D eigenvalue weighted by molar-refractivity contribution is 9.10. The minimum absolute atomic E-state index is 0.170. The van der Waals surface area contributed by atoms with Crippen LogP contribution in [0, 0.1) is 11.7 Å². The lowest BCUT2D eigenvalue weighted by Crippen LogP contribution is -2.47. The molecule has 1 aromatic carbocycles. The van der Waals surface area contributed by atoms with Crippen LogP contribution in [0.1, 0.15) is 12.8 Å². The van der Waals surface area contributed by atoms with Gasteiger partial charge in [-0.25, -0.2) is 13.8 Å². The smallest absolute Gasteiger partial charge is 0.134 e. The maximum atomic E-state index is 14.4. The van der Waals surface area contributed by atoms with E-state index in [1.165, 1.54) is 12.3 Å². The Morgan fingerprint density at radius 1 is 1.38 bits per heavy atom. The fraction of sp³-hybridized carbons (Fsp3) is 0.400. The molecule has 2 aromatic rings. The minimum Gasteiger partial charge on any atom is -0.366 e. The second-order valence-electron chi connectivity index (χ2n) is 5.66. The fourth-order valence-electron chi connectivity index (χ4n) is 2.87. The van der Waals surface area contributed by atoms with Crippen LogP contribution in [0.5, 0.6) is 0 Å². The molecule has 112 valence electrons. The van der Waals surface area contributed by atoms with Crippen molar-refractivity contribution in [3.05, 3.63) is 34.7 Å². The first kappa shape index (κ1) is 14.7. The van der Waals surface area contributed by atoms with Gasteiger partial charge < -0.3 is 11.1 Å². The van der Waals surface area contributed by atoms with Gasteiger partial charge in [-0.1, -0.05) is 15.9 Å². The second-order valence-corrected chi connectivity index (χ2v) is 6.57. The Balaban J connectivity index is 1.82. The van der Waals surface area contributed by atoms with Crippen LogP contribution in [0.3, 0.4) is 0 Å². The van der Waals surface area contributed by atoms with Gasteiger partial charge in [-0.3, -0.25) is 0 Å². The van der Waals surface area contributed by atoms with E-state index < -0.39 is 5.67 Å². The summed E-state index contributed by atoms with van der Waals surface area (Å²) in [7, 11) is 0. The Kier molecular flexibility index (Phi) is 3.84. The van der Waals surface area contributed by atoms with Crippen molar-refractivity contribution in [2.75, 3.05) is 18.4 Å². The zero-order chi connectivity index (χ0) is 15.0. The molecule has 3 nitrogen and oxygen atoms in total. The molecule has 1 aliphatic carbocycles. The van der Waals surface area contributed by atoms with Gasteiger partial charge in [-0.05, 0) is 43.5 Å².